The molecule has 0 spiro atoms. The number of nitrogens with one attached hydrogen (secondary N) is 1. The molecular weight excluding hydrogens is 363 g/mol. The summed E-state index contributed by atoms with van der Waals surface area (Å²) in [6.07, 6.45) is 0. The normalized spacial score (nSPS) is 18.7. The maximum absolute atomic E-state index is 13.6. The summed E-state index contributed by atoms with van der Waals surface area (Å²) in [5.74, 6) is -0.949. The van der Waals surface area contributed by atoms with Gasteiger partial charge in [0.15, 0.2) is 0 Å². The van der Waals surface area contributed by atoms with E-state index in [4.69, 9.17) is 4.42 Å². The first kappa shape index (κ1) is 18.6. The Morgan fingerprint density at radius 2 is 2.15 bits per heavy atom. The van der Waals surface area contributed by atoms with Crippen molar-refractivity contribution in [3.8, 4) is 0 Å². The van der Waals surface area contributed by atoms with Crippen molar-refractivity contribution >= 4 is 16.0 Å². The predicted molar refractivity (Wildman–Crippen MR) is 90.7 cm³/mol. The van der Waals surface area contributed by atoms with Crippen LogP contribution in [0.15, 0.2) is 39.8 Å². The van der Waals surface area contributed by atoms with Gasteiger partial charge in [0.2, 0.25) is 5.09 Å². The highest BCUT2D eigenvalue weighted by Gasteiger charge is 2.37. The van der Waals surface area contributed by atoms with Crippen LogP contribution in [0.25, 0.3) is 0 Å². The average Bonchev–Trinajstić information content (AvgIpc) is 3.03. The monoisotopic (exact) mass is 382 g/mol. The van der Waals surface area contributed by atoms with Crippen LogP contribution in [-0.2, 0) is 14.8 Å². The van der Waals surface area contributed by atoms with Crippen LogP contribution < -0.4 is 5.32 Å². The van der Waals surface area contributed by atoms with Crippen molar-refractivity contribution in [2.45, 2.75) is 18.1 Å². The van der Waals surface area contributed by atoms with E-state index in [1.807, 2.05) is 0 Å². The lowest BCUT2D eigenvalue weighted by molar-refractivity contribution is 0.0598. The number of nitrogens with zero attached hydrogens (tertiary/aromatic N) is 1. The molecule has 1 N–H and O–H groups in total. The molecule has 1 atom stereocenters. The van der Waals surface area contributed by atoms with Crippen LogP contribution in [0, 0.1) is 12.7 Å². The zero-order chi connectivity index (χ0) is 18.9. The zero-order valence-corrected chi connectivity index (χ0v) is 15.2. The highest BCUT2D eigenvalue weighted by atomic mass is 32.2. The van der Waals surface area contributed by atoms with E-state index in [2.05, 4.69) is 10.1 Å². The molecule has 2 heterocycles. The van der Waals surface area contributed by atoms with Crippen LogP contribution >= 0.6 is 0 Å². The highest BCUT2D eigenvalue weighted by molar-refractivity contribution is 7.89. The van der Waals surface area contributed by atoms with E-state index in [0.717, 1.165) is 0 Å². The molecule has 1 fully saturated rings. The Morgan fingerprint density at radius 1 is 1.38 bits per heavy atom. The molecule has 3 rings (SSSR count). The third kappa shape index (κ3) is 3.37. The number of methoxy groups -OCH3 is 1. The molecule has 1 aromatic carbocycles. The molecule has 0 aliphatic carbocycles. The molecule has 0 amide bonds. The number of hydrogen-bond donors (Lipinski definition) is 1. The van der Waals surface area contributed by atoms with Gasteiger partial charge >= 0.3 is 5.97 Å². The summed E-state index contributed by atoms with van der Waals surface area (Å²) in [6.45, 7) is 2.48. The van der Waals surface area contributed by atoms with Gasteiger partial charge in [-0.1, -0.05) is 12.1 Å². The van der Waals surface area contributed by atoms with E-state index in [9.17, 15) is 17.6 Å². The summed E-state index contributed by atoms with van der Waals surface area (Å²) < 4.78 is 51.0. The van der Waals surface area contributed by atoms with Gasteiger partial charge in [-0.15, -0.1) is 0 Å². The Balaban J connectivity index is 2.00. The lowest BCUT2D eigenvalue weighted by Crippen LogP contribution is -2.48. The number of hydrogen-bond acceptors (Lipinski definition) is 6. The van der Waals surface area contributed by atoms with Gasteiger partial charge in [-0.3, -0.25) is 0 Å². The Bertz CT molecular complexity index is 925. The van der Waals surface area contributed by atoms with E-state index < -0.39 is 27.9 Å². The number of benzene rings is 1. The lowest BCUT2D eigenvalue weighted by atomic mass is 10.1. The van der Waals surface area contributed by atoms with E-state index in [-0.39, 0.29) is 23.0 Å². The number of esters is 1. The van der Waals surface area contributed by atoms with Crippen molar-refractivity contribution in [2.75, 3.05) is 26.7 Å². The van der Waals surface area contributed by atoms with E-state index >= 15 is 0 Å². The SMILES string of the molecule is COC(=O)c1cc(S(=O)(=O)N2CCNCC2c2cccc(F)c2)oc1C. The first-order valence-electron chi connectivity index (χ1n) is 8.01. The lowest BCUT2D eigenvalue weighted by Gasteiger charge is -2.34. The largest absolute Gasteiger partial charge is 0.465 e. The summed E-state index contributed by atoms with van der Waals surface area (Å²) in [5, 5.41) is 2.78. The molecule has 1 aromatic heterocycles. The van der Waals surface area contributed by atoms with E-state index in [0.29, 0.717) is 18.7 Å². The van der Waals surface area contributed by atoms with Gasteiger partial charge in [0, 0.05) is 25.7 Å². The van der Waals surface area contributed by atoms with Crippen molar-refractivity contribution < 1.29 is 26.8 Å². The van der Waals surface area contributed by atoms with Crippen molar-refractivity contribution in [3.05, 3.63) is 53.0 Å². The summed E-state index contributed by atoms with van der Waals surface area (Å²) in [7, 11) is -2.81. The van der Waals surface area contributed by atoms with Crippen molar-refractivity contribution in [1.82, 2.24) is 9.62 Å². The molecule has 2 aromatic rings. The van der Waals surface area contributed by atoms with Crippen LogP contribution in [0.5, 0.6) is 0 Å². The molecule has 0 bridgehead atoms. The maximum Gasteiger partial charge on any atom is 0.341 e. The molecule has 0 saturated carbocycles. The number of piperazine rings is 1. The number of sulfonamides is 1. The molecular formula is C17H19FN2O5S. The number of furan rings is 1. The number of carbonyl (C=O) groups excluding carboxylic acids is 1. The topological polar surface area (TPSA) is 88.9 Å². The number of halogens is 1. The van der Waals surface area contributed by atoms with Crippen LogP contribution in [0.2, 0.25) is 0 Å². The first-order chi connectivity index (χ1) is 12.3. The standard InChI is InChI=1S/C17H19FN2O5S/c1-11-14(17(21)24-2)9-16(25-11)26(22,23)20-7-6-19-10-15(20)12-4-3-5-13(18)8-12/h3-5,8-9,15,19H,6-7,10H2,1-2H3. The molecule has 1 unspecified atom stereocenters. The Hall–Kier alpha value is -2.23. The second-order valence-corrected chi connectivity index (χ2v) is 7.74. The summed E-state index contributed by atoms with van der Waals surface area (Å²) in [4.78, 5) is 11.7. The first-order valence-corrected chi connectivity index (χ1v) is 9.45. The highest BCUT2D eigenvalue weighted by Crippen LogP contribution is 2.31. The smallest absolute Gasteiger partial charge is 0.341 e. The molecule has 26 heavy (non-hydrogen) atoms. The third-order valence-electron chi connectivity index (χ3n) is 4.29. The van der Waals surface area contributed by atoms with Gasteiger partial charge in [0.25, 0.3) is 10.0 Å². The second kappa shape index (κ2) is 7.18. The second-order valence-electron chi connectivity index (χ2n) is 5.92. The van der Waals surface area contributed by atoms with Gasteiger partial charge in [0.1, 0.15) is 17.1 Å². The molecule has 0 radical (unpaired) electrons. The van der Waals surface area contributed by atoms with Gasteiger partial charge in [-0.25, -0.2) is 17.6 Å². The molecule has 7 nitrogen and oxygen atoms in total. The third-order valence-corrected chi connectivity index (χ3v) is 6.06. The van der Waals surface area contributed by atoms with Crippen LogP contribution in [0.1, 0.15) is 27.7 Å². The number of aryl methyl sites for hydroxylation is 1. The van der Waals surface area contributed by atoms with E-state index in [1.165, 1.54) is 42.6 Å². The number of rotatable bonds is 4. The van der Waals surface area contributed by atoms with Crippen LogP contribution in [0.3, 0.4) is 0 Å². The number of carbonyl (C=O) groups is 1. The Labute approximate surface area is 150 Å². The molecule has 1 saturated heterocycles. The quantitative estimate of drug-likeness (QED) is 0.812. The van der Waals surface area contributed by atoms with Crippen LogP contribution in [-0.4, -0.2) is 45.4 Å². The maximum atomic E-state index is 13.6. The molecule has 1 aliphatic rings. The van der Waals surface area contributed by atoms with Crippen LogP contribution in [0.4, 0.5) is 4.39 Å². The number of ether oxygens (including phenoxy) is 1. The summed E-state index contributed by atoms with van der Waals surface area (Å²) in [5.41, 5.74) is 0.598. The average molecular weight is 382 g/mol. The zero-order valence-electron chi connectivity index (χ0n) is 14.4. The summed E-state index contributed by atoms with van der Waals surface area (Å²) in [6, 6.07) is 6.41. The van der Waals surface area contributed by atoms with Gasteiger partial charge in [0.05, 0.1) is 13.2 Å². The van der Waals surface area contributed by atoms with Crippen molar-refractivity contribution in [2.24, 2.45) is 0 Å². The van der Waals surface area contributed by atoms with Gasteiger partial charge in [-0.2, -0.15) is 4.31 Å². The Kier molecular flexibility index (Phi) is 5.12. The van der Waals surface area contributed by atoms with Crippen molar-refractivity contribution in [3.63, 3.8) is 0 Å². The molecule has 9 heteroatoms. The summed E-state index contributed by atoms with van der Waals surface area (Å²) >= 11 is 0. The van der Waals surface area contributed by atoms with Crippen molar-refractivity contribution in [1.29, 1.82) is 0 Å². The molecule has 140 valence electrons. The minimum absolute atomic E-state index is 0.0588. The minimum Gasteiger partial charge on any atom is -0.465 e. The fourth-order valence-electron chi connectivity index (χ4n) is 2.98. The van der Waals surface area contributed by atoms with Gasteiger partial charge in [-0.05, 0) is 24.6 Å². The molecule has 1 aliphatic heterocycles. The predicted octanol–water partition coefficient (Wildman–Crippen LogP) is 1.85. The minimum atomic E-state index is -4.02. The van der Waals surface area contributed by atoms with E-state index in [1.54, 1.807) is 6.07 Å². The fraction of sp³-hybridized carbons (Fsp3) is 0.353. The van der Waals surface area contributed by atoms with Gasteiger partial charge < -0.3 is 14.5 Å². The fourth-order valence-corrected chi connectivity index (χ4v) is 4.57. The Morgan fingerprint density at radius 3 is 2.85 bits per heavy atom.